The van der Waals surface area contributed by atoms with Gasteiger partial charge in [-0.3, -0.25) is 19.9 Å². The van der Waals surface area contributed by atoms with Crippen LogP contribution in [0, 0.1) is 0 Å². The van der Waals surface area contributed by atoms with Crippen molar-refractivity contribution in [2.24, 2.45) is 0 Å². The lowest BCUT2D eigenvalue weighted by Crippen LogP contribution is -1.99. The summed E-state index contributed by atoms with van der Waals surface area (Å²) in [6.45, 7) is 0. The van der Waals surface area contributed by atoms with E-state index in [9.17, 15) is 0 Å². The zero-order valence-electron chi connectivity index (χ0n) is 42.5. The second kappa shape index (κ2) is 16.9. The molecule has 0 amide bonds. The van der Waals surface area contributed by atoms with Gasteiger partial charge in [0.25, 0.3) is 0 Å². The Labute approximate surface area is 452 Å². The Bertz CT molecular complexity index is 4780. The number of aromatic nitrogens is 7. The molecule has 0 N–H and O–H groups in total. The lowest BCUT2D eigenvalue weighted by Gasteiger charge is -2.16. The molecular formula is C72H43N7. The molecule has 7 nitrogen and oxygen atoms in total. The molecule has 0 spiro atoms. The first-order valence-corrected chi connectivity index (χ1v) is 26.7. The van der Waals surface area contributed by atoms with Crippen LogP contribution in [-0.4, -0.2) is 33.6 Å². The van der Waals surface area contributed by atoms with Gasteiger partial charge in [0.2, 0.25) is 0 Å². The SMILES string of the molecule is c1ccc(-c2ccc3c(c2)c2cc(-c4ccccn4)ccc2n3-c2ccc3c4ccc(-n5c6ccc(-c7ccccn7)cc6c6cc(-c7ccccn7)ccc65)cc4n(-c4cc5ccc6cccc7ccc(c4)c5c67)c3c2)nc1. The van der Waals surface area contributed by atoms with E-state index in [0.29, 0.717) is 0 Å². The van der Waals surface area contributed by atoms with Gasteiger partial charge < -0.3 is 13.7 Å². The quantitative estimate of drug-likeness (QED) is 0.149. The number of nitrogens with zero attached hydrogens (tertiary/aromatic N) is 7. The van der Waals surface area contributed by atoms with Gasteiger partial charge in [0, 0.05) is 96.4 Å². The molecular weight excluding hydrogens is 963 g/mol. The predicted molar refractivity (Wildman–Crippen MR) is 326 cm³/mol. The first-order chi connectivity index (χ1) is 39.1. The molecule has 0 aliphatic rings. The van der Waals surface area contributed by atoms with Crippen molar-refractivity contribution < 1.29 is 0 Å². The minimum atomic E-state index is 0.939. The number of pyridine rings is 4. The second-order valence-corrected chi connectivity index (χ2v) is 20.7. The van der Waals surface area contributed by atoms with Crippen molar-refractivity contribution in [3.05, 3.63) is 261 Å². The Kier molecular flexibility index (Phi) is 9.28. The van der Waals surface area contributed by atoms with Crippen molar-refractivity contribution >= 4 is 97.7 Å². The third-order valence-corrected chi connectivity index (χ3v) is 16.3. The van der Waals surface area contributed by atoms with Crippen molar-refractivity contribution in [1.29, 1.82) is 0 Å². The molecule has 0 atom stereocenters. The van der Waals surface area contributed by atoms with Gasteiger partial charge in [0.1, 0.15) is 0 Å². The highest BCUT2D eigenvalue weighted by Crippen LogP contribution is 2.44. The van der Waals surface area contributed by atoms with Crippen LogP contribution in [0.4, 0.5) is 0 Å². The fourth-order valence-electron chi connectivity index (χ4n) is 12.8. The average Bonchev–Trinajstić information content (AvgIpc) is 4.13. The number of hydrogen-bond acceptors (Lipinski definition) is 4. The Morgan fingerprint density at radius 1 is 0.215 bits per heavy atom. The molecule has 7 aromatic heterocycles. The van der Waals surface area contributed by atoms with Crippen molar-refractivity contribution in [2.75, 3.05) is 0 Å². The van der Waals surface area contributed by atoms with Gasteiger partial charge in [-0.1, -0.05) is 103 Å². The van der Waals surface area contributed by atoms with Gasteiger partial charge in [0.05, 0.1) is 55.9 Å². The zero-order chi connectivity index (χ0) is 51.7. The third kappa shape index (κ3) is 6.66. The van der Waals surface area contributed by atoms with Gasteiger partial charge in [-0.2, -0.15) is 0 Å². The van der Waals surface area contributed by atoms with Crippen molar-refractivity contribution in [3.8, 4) is 62.1 Å². The Balaban J connectivity index is 0.932. The topological polar surface area (TPSA) is 66.3 Å². The summed E-state index contributed by atoms with van der Waals surface area (Å²) in [5.74, 6) is 0. The zero-order valence-corrected chi connectivity index (χ0v) is 42.5. The minimum absolute atomic E-state index is 0.939. The van der Waals surface area contributed by atoms with E-state index in [4.69, 9.17) is 19.9 Å². The van der Waals surface area contributed by atoms with Crippen LogP contribution in [0.25, 0.3) is 160 Å². The summed E-state index contributed by atoms with van der Waals surface area (Å²) < 4.78 is 7.36. The number of rotatable bonds is 7. The highest BCUT2D eigenvalue weighted by Gasteiger charge is 2.22. The summed E-state index contributed by atoms with van der Waals surface area (Å²) in [4.78, 5) is 19.0. The first kappa shape index (κ1) is 43.5. The predicted octanol–water partition coefficient (Wildman–Crippen LogP) is 18.1. The van der Waals surface area contributed by atoms with E-state index in [0.717, 1.165) is 117 Å². The normalized spacial score (nSPS) is 12.1. The van der Waals surface area contributed by atoms with Crippen LogP contribution in [0.3, 0.4) is 0 Å². The van der Waals surface area contributed by atoms with Crippen molar-refractivity contribution in [2.45, 2.75) is 0 Å². The molecule has 0 radical (unpaired) electrons. The molecule has 0 fully saturated rings. The van der Waals surface area contributed by atoms with Gasteiger partial charge in [-0.25, -0.2) is 0 Å². The average molecular weight is 1010 g/mol. The maximum absolute atomic E-state index is 4.76. The monoisotopic (exact) mass is 1010 g/mol. The molecule has 366 valence electrons. The van der Waals surface area contributed by atoms with Crippen molar-refractivity contribution in [1.82, 2.24) is 33.6 Å². The van der Waals surface area contributed by atoms with E-state index in [2.05, 4.69) is 226 Å². The van der Waals surface area contributed by atoms with Gasteiger partial charge in [-0.05, 0) is 166 Å². The standard InChI is InChI=1S/C72H43N7/c1-5-32-73-61(12-1)46-20-28-65-57(38-46)58-39-47(62-13-2-6-33-74-62)21-29-66(58)77(65)52-24-26-55-56-27-25-53(43-70(56)79(69(55)42-52)54-36-50-18-16-44-10-9-11-45-17-19-51(37-54)72(50)71(44)45)78-67-30-22-48(63-14-3-7-34-75-63)40-59(67)60-41-49(23-31-68(60)78)64-15-4-8-35-76-64/h1-43H. The van der Waals surface area contributed by atoms with E-state index < -0.39 is 0 Å². The van der Waals surface area contributed by atoms with E-state index in [1.54, 1.807) is 0 Å². The smallest absolute Gasteiger partial charge is 0.0702 e. The highest BCUT2D eigenvalue weighted by atomic mass is 15.0. The van der Waals surface area contributed by atoms with Crippen LogP contribution < -0.4 is 0 Å². The van der Waals surface area contributed by atoms with E-state index in [1.165, 1.54) is 43.1 Å². The van der Waals surface area contributed by atoms with Gasteiger partial charge in [-0.15, -0.1) is 0 Å². The fraction of sp³-hybridized carbons (Fsp3) is 0. The first-order valence-electron chi connectivity index (χ1n) is 26.7. The van der Waals surface area contributed by atoms with Crippen LogP contribution >= 0.6 is 0 Å². The summed E-state index contributed by atoms with van der Waals surface area (Å²) >= 11 is 0. The lowest BCUT2D eigenvalue weighted by atomic mass is 9.94. The van der Waals surface area contributed by atoms with E-state index in [-0.39, 0.29) is 0 Å². The van der Waals surface area contributed by atoms with Crippen molar-refractivity contribution in [3.63, 3.8) is 0 Å². The number of benzene rings is 10. The largest absolute Gasteiger partial charge is 0.309 e. The summed E-state index contributed by atoms with van der Waals surface area (Å²) in [7, 11) is 0. The number of hydrogen-bond donors (Lipinski definition) is 0. The molecule has 10 aromatic carbocycles. The van der Waals surface area contributed by atoms with Crippen LogP contribution in [0.5, 0.6) is 0 Å². The van der Waals surface area contributed by atoms with Crippen LogP contribution in [0.1, 0.15) is 0 Å². The van der Waals surface area contributed by atoms with Gasteiger partial charge in [0.15, 0.2) is 0 Å². The summed E-state index contributed by atoms with van der Waals surface area (Å²) in [5, 5.41) is 14.5. The molecule has 17 aromatic rings. The third-order valence-electron chi connectivity index (χ3n) is 16.3. The minimum Gasteiger partial charge on any atom is -0.309 e. The molecule has 7 heteroatoms. The molecule has 0 saturated heterocycles. The van der Waals surface area contributed by atoms with Crippen LogP contribution in [-0.2, 0) is 0 Å². The lowest BCUT2D eigenvalue weighted by molar-refractivity contribution is 1.15. The van der Waals surface area contributed by atoms with Crippen LogP contribution in [0.15, 0.2) is 261 Å². The molecule has 0 aliphatic heterocycles. The second-order valence-electron chi connectivity index (χ2n) is 20.7. The summed E-state index contributed by atoms with van der Waals surface area (Å²) in [6.07, 6.45) is 7.45. The highest BCUT2D eigenvalue weighted by molar-refractivity contribution is 6.24. The summed E-state index contributed by atoms with van der Waals surface area (Å²) in [5.41, 5.74) is 18.0. The Morgan fingerprint density at radius 2 is 0.557 bits per heavy atom. The molecule has 7 heterocycles. The number of fused-ring (bicyclic) bond motifs is 9. The molecule has 79 heavy (non-hydrogen) atoms. The molecule has 0 unspecified atom stereocenters. The summed E-state index contributed by atoms with van der Waals surface area (Å²) in [6, 6.07) is 86.0. The maximum atomic E-state index is 4.76. The maximum Gasteiger partial charge on any atom is 0.0702 e. The Hall–Kier alpha value is -10.8. The molecule has 0 aliphatic carbocycles. The van der Waals surface area contributed by atoms with Crippen LogP contribution in [0.2, 0.25) is 0 Å². The van der Waals surface area contributed by atoms with E-state index in [1.807, 2.05) is 49.1 Å². The Morgan fingerprint density at radius 3 is 0.911 bits per heavy atom. The van der Waals surface area contributed by atoms with E-state index >= 15 is 0 Å². The molecule has 0 bridgehead atoms. The molecule has 0 saturated carbocycles. The molecule has 17 rings (SSSR count). The van der Waals surface area contributed by atoms with Gasteiger partial charge >= 0.3 is 0 Å². The fourth-order valence-corrected chi connectivity index (χ4v) is 12.8.